The quantitative estimate of drug-likeness (QED) is 0.318. The molecule has 0 saturated carbocycles. The van der Waals surface area contributed by atoms with Gasteiger partial charge in [0.1, 0.15) is 6.54 Å². The van der Waals surface area contributed by atoms with Gasteiger partial charge in [-0.25, -0.2) is 4.68 Å². The number of rotatable bonds is 5. The van der Waals surface area contributed by atoms with Crippen molar-refractivity contribution in [2.24, 2.45) is 0 Å². The van der Waals surface area contributed by atoms with Crippen LogP contribution in [0.4, 0.5) is 5.69 Å². The molecule has 3 aromatic carbocycles. The second-order valence-corrected chi connectivity index (χ2v) is 9.09. The maximum absolute atomic E-state index is 12.9. The molecule has 0 aliphatic rings. The highest BCUT2D eigenvalue weighted by atomic mass is 79.9. The highest BCUT2D eigenvalue weighted by molar-refractivity contribution is 9.10. The Hall–Kier alpha value is -3.03. The molecule has 4 rings (SSSR count). The zero-order chi connectivity index (χ0) is 22.8. The number of nitrogens with zero attached hydrogens (tertiary/aromatic N) is 3. The summed E-state index contributed by atoms with van der Waals surface area (Å²) in [5.41, 5.74) is 5.85. The van der Waals surface area contributed by atoms with Gasteiger partial charge in [-0.3, -0.25) is 9.36 Å². The number of carbonyl (C=O) groups excluding carboxylic acids is 1. The minimum absolute atomic E-state index is 0.0199. The predicted octanol–water partition coefficient (Wildman–Crippen LogP) is 6.40. The first-order valence-electron chi connectivity index (χ1n) is 10.2. The molecule has 5 nitrogen and oxygen atoms in total. The third-order valence-corrected chi connectivity index (χ3v) is 6.06. The van der Waals surface area contributed by atoms with E-state index in [0.717, 1.165) is 38.1 Å². The van der Waals surface area contributed by atoms with E-state index in [2.05, 4.69) is 21.2 Å². The topological polar surface area (TPSA) is 51.9 Å². The van der Waals surface area contributed by atoms with E-state index in [0.29, 0.717) is 10.6 Å². The van der Waals surface area contributed by atoms with E-state index in [1.165, 1.54) is 0 Å². The number of nitrogens with one attached hydrogen (secondary N) is 1. The molecule has 0 spiro atoms. The number of carbonyl (C=O) groups is 1. The molecule has 0 fully saturated rings. The Balaban J connectivity index is 1.74. The van der Waals surface area contributed by atoms with Crippen LogP contribution in [0.25, 0.3) is 17.1 Å². The molecule has 0 bridgehead atoms. The van der Waals surface area contributed by atoms with Crippen LogP contribution in [0.3, 0.4) is 0 Å². The van der Waals surface area contributed by atoms with Crippen LogP contribution >= 0.6 is 28.1 Å². The number of anilines is 1. The van der Waals surface area contributed by atoms with Crippen molar-refractivity contribution in [2.75, 3.05) is 5.32 Å². The van der Waals surface area contributed by atoms with Crippen LogP contribution in [0.5, 0.6) is 0 Å². The monoisotopic (exact) mass is 506 g/mol. The van der Waals surface area contributed by atoms with Gasteiger partial charge in [-0.1, -0.05) is 57.9 Å². The molecule has 0 radical (unpaired) electrons. The predicted molar refractivity (Wildman–Crippen MR) is 135 cm³/mol. The zero-order valence-corrected chi connectivity index (χ0v) is 20.5. The van der Waals surface area contributed by atoms with E-state index >= 15 is 0 Å². The van der Waals surface area contributed by atoms with Crippen LogP contribution in [0.2, 0.25) is 0 Å². The Morgan fingerprint density at radius 1 is 1.00 bits per heavy atom. The fourth-order valence-corrected chi connectivity index (χ4v) is 4.14. The normalized spacial score (nSPS) is 10.9. The van der Waals surface area contributed by atoms with E-state index in [4.69, 9.17) is 17.3 Å². The van der Waals surface area contributed by atoms with Gasteiger partial charge in [0.05, 0.1) is 0 Å². The lowest BCUT2D eigenvalue weighted by Crippen LogP contribution is -2.20. The average molecular weight is 507 g/mol. The van der Waals surface area contributed by atoms with Crippen molar-refractivity contribution in [3.63, 3.8) is 0 Å². The summed E-state index contributed by atoms with van der Waals surface area (Å²) in [7, 11) is 0. The number of aryl methyl sites for hydroxylation is 3. The second kappa shape index (κ2) is 9.22. The molecule has 1 aromatic heterocycles. The smallest absolute Gasteiger partial charge is 0.246 e. The van der Waals surface area contributed by atoms with Crippen molar-refractivity contribution >= 4 is 39.7 Å². The van der Waals surface area contributed by atoms with Gasteiger partial charge in [0.2, 0.25) is 10.7 Å². The minimum atomic E-state index is -0.177. The molecule has 0 atom stereocenters. The SMILES string of the molecule is Cc1ccc(-n2c(-c3cccc(Br)c3)nn(CC(=O)Nc3cc(C)ccc3C)c2=S)cc1. The fourth-order valence-electron chi connectivity index (χ4n) is 3.45. The number of aromatic nitrogens is 3. The number of hydrogen-bond acceptors (Lipinski definition) is 3. The molecule has 1 heterocycles. The first-order chi connectivity index (χ1) is 15.3. The van der Waals surface area contributed by atoms with Gasteiger partial charge in [-0.15, -0.1) is 0 Å². The second-order valence-electron chi connectivity index (χ2n) is 7.81. The van der Waals surface area contributed by atoms with Gasteiger partial charge in [0.15, 0.2) is 5.82 Å². The average Bonchev–Trinajstić information content (AvgIpc) is 3.07. The van der Waals surface area contributed by atoms with Crippen LogP contribution in [0, 0.1) is 25.5 Å². The molecular formula is C25H23BrN4OS. The lowest BCUT2D eigenvalue weighted by molar-refractivity contribution is -0.116. The molecule has 162 valence electrons. The van der Waals surface area contributed by atoms with Crippen LogP contribution in [-0.2, 0) is 11.3 Å². The van der Waals surface area contributed by atoms with Gasteiger partial charge < -0.3 is 5.32 Å². The molecule has 0 saturated heterocycles. The van der Waals surface area contributed by atoms with E-state index in [-0.39, 0.29) is 12.5 Å². The van der Waals surface area contributed by atoms with Gasteiger partial charge in [0, 0.05) is 21.4 Å². The van der Waals surface area contributed by atoms with Crippen LogP contribution in [-0.4, -0.2) is 20.3 Å². The Labute approximate surface area is 200 Å². The van der Waals surface area contributed by atoms with Gasteiger partial charge in [-0.05, 0) is 74.4 Å². The Morgan fingerprint density at radius 3 is 2.44 bits per heavy atom. The van der Waals surface area contributed by atoms with Gasteiger partial charge in [-0.2, -0.15) is 5.10 Å². The Morgan fingerprint density at radius 2 is 1.72 bits per heavy atom. The Kier molecular flexibility index (Phi) is 6.39. The summed E-state index contributed by atoms with van der Waals surface area (Å²) in [6.07, 6.45) is 0. The summed E-state index contributed by atoms with van der Waals surface area (Å²) in [4.78, 5) is 12.9. The van der Waals surface area contributed by atoms with Gasteiger partial charge in [0.25, 0.3) is 0 Å². The zero-order valence-electron chi connectivity index (χ0n) is 18.1. The van der Waals surface area contributed by atoms with E-state index < -0.39 is 0 Å². The number of hydrogen-bond donors (Lipinski definition) is 1. The third kappa shape index (κ3) is 4.74. The largest absolute Gasteiger partial charge is 0.324 e. The molecule has 1 N–H and O–H groups in total. The molecule has 1 amide bonds. The highest BCUT2D eigenvalue weighted by Crippen LogP contribution is 2.26. The first-order valence-corrected chi connectivity index (χ1v) is 11.4. The third-order valence-electron chi connectivity index (χ3n) is 5.17. The summed E-state index contributed by atoms with van der Waals surface area (Å²) in [6.45, 7) is 6.03. The first kappa shape index (κ1) is 22.2. The summed E-state index contributed by atoms with van der Waals surface area (Å²) < 4.78 is 4.88. The van der Waals surface area contributed by atoms with Crippen LogP contribution < -0.4 is 5.32 Å². The maximum Gasteiger partial charge on any atom is 0.246 e. The van der Waals surface area contributed by atoms with E-state index in [1.807, 2.05) is 92.1 Å². The van der Waals surface area contributed by atoms with Crippen molar-refractivity contribution in [3.05, 3.63) is 92.7 Å². The van der Waals surface area contributed by atoms with Crippen molar-refractivity contribution in [1.82, 2.24) is 14.3 Å². The molecular weight excluding hydrogens is 484 g/mol. The fraction of sp³-hybridized carbons (Fsp3) is 0.160. The minimum Gasteiger partial charge on any atom is -0.324 e. The van der Waals surface area contributed by atoms with Crippen LogP contribution in [0.15, 0.2) is 71.2 Å². The molecule has 0 aliphatic heterocycles. The Bertz CT molecular complexity index is 1360. The standard InChI is InChI=1S/C25H23BrN4OS/c1-16-8-11-21(12-9-16)30-24(19-5-4-6-20(26)14-19)28-29(25(30)32)15-23(31)27-22-13-17(2)7-10-18(22)3/h4-14H,15H2,1-3H3,(H,27,31). The van der Waals surface area contributed by atoms with E-state index in [1.54, 1.807) is 4.68 Å². The number of amides is 1. The van der Waals surface area contributed by atoms with Crippen molar-refractivity contribution < 1.29 is 4.79 Å². The maximum atomic E-state index is 12.9. The lowest BCUT2D eigenvalue weighted by atomic mass is 10.1. The van der Waals surface area contributed by atoms with Crippen LogP contribution in [0.1, 0.15) is 16.7 Å². The molecule has 0 unspecified atom stereocenters. The molecule has 32 heavy (non-hydrogen) atoms. The molecule has 0 aliphatic carbocycles. The van der Waals surface area contributed by atoms with Gasteiger partial charge >= 0.3 is 0 Å². The molecule has 7 heteroatoms. The summed E-state index contributed by atoms with van der Waals surface area (Å²) >= 11 is 9.29. The summed E-state index contributed by atoms with van der Waals surface area (Å²) in [5, 5.41) is 7.72. The highest BCUT2D eigenvalue weighted by Gasteiger charge is 2.17. The lowest BCUT2D eigenvalue weighted by Gasteiger charge is -2.09. The van der Waals surface area contributed by atoms with Crippen molar-refractivity contribution in [2.45, 2.75) is 27.3 Å². The van der Waals surface area contributed by atoms with E-state index in [9.17, 15) is 4.79 Å². The summed E-state index contributed by atoms with van der Waals surface area (Å²) in [6, 6.07) is 21.9. The van der Waals surface area contributed by atoms with Crippen molar-refractivity contribution in [1.29, 1.82) is 0 Å². The summed E-state index contributed by atoms with van der Waals surface area (Å²) in [5.74, 6) is 0.504. The number of halogens is 1. The number of benzene rings is 3. The molecule has 4 aromatic rings. The van der Waals surface area contributed by atoms with Crippen molar-refractivity contribution in [3.8, 4) is 17.1 Å².